The van der Waals surface area contributed by atoms with Crippen molar-refractivity contribution in [1.82, 2.24) is 25.0 Å². The van der Waals surface area contributed by atoms with Crippen LogP contribution in [-0.2, 0) is 21.4 Å². The monoisotopic (exact) mass is 399 g/mol. The van der Waals surface area contributed by atoms with Crippen LogP contribution in [0.2, 0.25) is 0 Å². The first-order valence-electron chi connectivity index (χ1n) is 7.27. The predicted octanol–water partition coefficient (Wildman–Crippen LogP) is -1.72. The summed E-state index contributed by atoms with van der Waals surface area (Å²) >= 11 is 2.19. The minimum absolute atomic E-state index is 0.0878. The van der Waals surface area contributed by atoms with Crippen molar-refractivity contribution in [2.24, 2.45) is 7.05 Å². The lowest BCUT2D eigenvalue weighted by Crippen LogP contribution is -2.70. The SMILES string of the molecule is CC1S[C@@H]2C(NC=O)C(=O)N2C(C(=O)O)=C1Sc1n[nH]c(=O)c(=O)n1C. The number of fused-ring (bicyclic) bond motifs is 1. The maximum atomic E-state index is 12.2. The van der Waals surface area contributed by atoms with E-state index < -0.39 is 34.4 Å². The van der Waals surface area contributed by atoms with Gasteiger partial charge in [0.1, 0.15) is 17.1 Å². The lowest BCUT2D eigenvalue weighted by Gasteiger charge is -2.50. The molecule has 2 amide bonds. The second-order valence-electron chi connectivity index (χ2n) is 5.46. The topological polar surface area (TPSA) is 154 Å². The molecule has 0 bridgehead atoms. The van der Waals surface area contributed by atoms with Gasteiger partial charge in [-0.2, -0.15) is 0 Å². The molecule has 0 aliphatic carbocycles. The number of H-pyrrole nitrogens is 1. The molecule has 1 aromatic rings. The van der Waals surface area contributed by atoms with Gasteiger partial charge in [0.05, 0.1) is 0 Å². The number of nitrogens with one attached hydrogen (secondary N) is 2. The van der Waals surface area contributed by atoms with Crippen LogP contribution in [0, 0.1) is 0 Å². The second kappa shape index (κ2) is 6.64. The molecule has 11 nitrogen and oxygen atoms in total. The number of thioether (sulfide) groups is 2. The molecule has 1 saturated heterocycles. The minimum Gasteiger partial charge on any atom is -0.477 e. The molecule has 13 heteroatoms. The van der Waals surface area contributed by atoms with Gasteiger partial charge in [-0.15, -0.1) is 16.9 Å². The molecule has 0 radical (unpaired) electrons. The Balaban J connectivity index is 2.04. The highest BCUT2D eigenvalue weighted by atomic mass is 32.2. The molecule has 1 fully saturated rings. The normalized spacial score (nSPS) is 24.8. The molecule has 26 heavy (non-hydrogen) atoms. The highest BCUT2D eigenvalue weighted by molar-refractivity contribution is 8.06. The summed E-state index contributed by atoms with van der Waals surface area (Å²) in [5.41, 5.74) is -1.94. The second-order valence-corrected chi connectivity index (χ2v) is 7.93. The van der Waals surface area contributed by atoms with E-state index >= 15 is 0 Å². The number of nitrogens with zero attached hydrogens (tertiary/aromatic N) is 3. The molecule has 2 unspecified atom stereocenters. The molecule has 2 aliphatic rings. The Morgan fingerprint density at radius 2 is 2.12 bits per heavy atom. The van der Waals surface area contributed by atoms with E-state index in [9.17, 15) is 29.1 Å². The van der Waals surface area contributed by atoms with Gasteiger partial charge in [-0.3, -0.25) is 28.6 Å². The number of carboxylic acid groups (broad SMARTS) is 1. The molecule has 0 spiro atoms. The van der Waals surface area contributed by atoms with Crippen molar-refractivity contribution < 1.29 is 19.5 Å². The molecule has 3 N–H and O–H groups in total. The van der Waals surface area contributed by atoms with E-state index in [1.54, 1.807) is 6.92 Å². The van der Waals surface area contributed by atoms with Gasteiger partial charge < -0.3 is 10.4 Å². The summed E-state index contributed by atoms with van der Waals surface area (Å²) < 4.78 is 1.01. The fourth-order valence-corrected chi connectivity index (χ4v) is 5.24. The zero-order valence-corrected chi connectivity index (χ0v) is 15.1. The number of rotatable bonds is 5. The van der Waals surface area contributed by atoms with Crippen LogP contribution in [0.5, 0.6) is 0 Å². The summed E-state index contributed by atoms with van der Waals surface area (Å²) in [4.78, 5) is 59.1. The first kappa shape index (κ1) is 18.3. The van der Waals surface area contributed by atoms with Crippen molar-refractivity contribution in [1.29, 1.82) is 0 Å². The first-order valence-corrected chi connectivity index (χ1v) is 9.03. The average Bonchev–Trinajstić information content (AvgIpc) is 2.60. The van der Waals surface area contributed by atoms with E-state index in [1.165, 1.54) is 18.8 Å². The Hall–Kier alpha value is -2.54. The van der Waals surface area contributed by atoms with Crippen LogP contribution in [0.1, 0.15) is 6.92 Å². The molecular formula is C13H13N5O6S2. The molecule has 0 aromatic carbocycles. The van der Waals surface area contributed by atoms with Gasteiger partial charge in [-0.25, -0.2) is 9.89 Å². The van der Waals surface area contributed by atoms with Crippen molar-refractivity contribution in [3.63, 3.8) is 0 Å². The molecule has 3 heterocycles. The average molecular weight is 399 g/mol. The number of aliphatic carboxylic acids is 1. The van der Waals surface area contributed by atoms with Gasteiger partial charge in [0.2, 0.25) is 6.41 Å². The maximum absolute atomic E-state index is 12.2. The summed E-state index contributed by atoms with van der Waals surface area (Å²) in [5, 5.41) is 17.1. The van der Waals surface area contributed by atoms with Gasteiger partial charge in [-0.1, -0.05) is 11.8 Å². The highest BCUT2D eigenvalue weighted by Crippen LogP contribution is 2.48. The van der Waals surface area contributed by atoms with E-state index in [2.05, 4.69) is 15.5 Å². The number of carbonyl (C=O) groups is 3. The summed E-state index contributed by atoms with van der Waals surface area (Å²) in [6, 6.07) is -0.781. The molecule has 3 atom stereocenters. The Morgan fingerprint density at radius 1 is 1.42 bits per heavy atom. The number of carbonyl (C=O) groups excluding carboxylic acids is 2. The fourth-order valence-electron chi connectivity index (χ4n) is 2.64. The number of aromatic amines is 1. The summed E-state index contributed by atoms with van der Waals surface area (Å²) in [7, 11) is 1.34. The van der Waals surface area contributed by atoms with Gasteiger partial charge in [0.25, 0.3) is 5.91 Å². The van der Waals surface area contributed by atoms with Crippen LogP contribution >= 0.6 is 23.5 Å². The lowest BCUT2D eigenvalue weighted by molar-refractivity contribution is -0.149. The Bertz CT molecular complexity index is 953. The fraction of sp³-hybridized carbons (Fsp3) is 0.385. The Morgan fingerprint density at radius 3 is 2.73 bits per heavy atom. The zero-order valence-electron chi connectivity index (χ0n) is 13.5. The minimum atomic E-state index is -1.31. The van der Waals surface area contributed by atoms with Crippen LogP contribution in [0.3, 0.4) is 0 Å². The summed E-state index contributed by atoms with van der Waals surface area (Å²) in [6.45, 7) is 1.75. The van der Waals surface area contributed by atoms with Crippen molar-refractivity contribution >= 4 is 41.8 Å². The third kappa shape index (κ3) is 2.72. The lowest BCUT2D eigenvalue weighted by atomic mass is 10.1. The quantitative estimate of drug-likeness (QED) is 0.298. The summed E-state index contributed by atoms with van der Waals surface area (Å²) in [6.07, 6.45) is 0.402. The van der Waals surface area contributed by atoms with Crippen molar-refractivity contribution in [2.75, 3.05) is 0 Å². The molecule has 0 saturated carbocycles. The van der Waals surface area contributed by atoms with Crippen LogP contribution in [-0.4, -0.2) is 59.7 Å². The molecule has 3 rings (SSSR count). The molecule has 138 valence electrons. The van der Waals surface area contributed by atoms with E-state index in [1.807, 2.05) is 0 Å². The number of hydrogen-bond acceptors (Lipinski definition) is 8. The van der Waals surface area contributed by atoms with Crippen LogP contribution < -0.4 is 16.4 Å². The number of aromatic nitrogens is 3. The van der Waals surface area contributed by atoms with Gasteiger partial charge in [0.15, 0.2) is 5.16 Å². The van der Waals surface area contributed by atoms with E-state index in [-0.39, 0.29) is 16.1 Å². The highest BCUT2D eigenvalue weighted by Gasteiger charge is 2.55. The zero-order chi connectivity index (χ0) is 19.2. The van der Waals surface area contributed by atoms with Gasteiger partial charge >= 0.3 is 17.1 Å². The number of carboxylic acids is 1. The Labute approximate surface area is 153 Å². The third-order valence-electron chi connectivity index (χ3n) is 3.92. The molecule has 2 aliphatic heterocycles. The van der Waals surface area contributed by atoms with Gasteiger partial charge in [0, 0.05) is 17.2 Å². The van der Waals surface area contributed by atoms with Crippen LogP contribution in [0.4, 0.5) is 0 Å². The largest absolute Gasteiger partial charge is 0.477 e. The number of hydrogen-bond donors (Lipinski definition) is 3. The predicted molar refractivity (Wildman–Crippen MR) is 91.3 cm³/mol. The smallest absolute Gasteiger partial charge is 0.353 e. The van der Waals surface area contributed by atoms with Crippen LogP contribution in [0.25, 0.3) is 0 Å². The van der Waals surface area contributed by atoms with E-state index in [0.717, 1.165) is 21.2 Å². The standard InChI is InChI=1S/C13H13N5O6S2/c1-4-7(26-13-16-15-8(20)10(22)17(13)2)6(12(23)24)18-9(21)5(14-3-19)11(18)25-4/h3-5,11H,1-2H3,(H,14,19)(H,15,20)(H,23,24)/t4?,5?,11-/m1/s1. The third-order valence-corrected chi connectivity index (χ3v) is 6.79. The molecular weight excluding hydrogens is 386 g/mol. The van der Waals surface area contributed by atoms with Crippen molar-refractivity contribution in [3.8, 4) is 0 Å². The number of amides is 2. The first-order chi connectivity index (χ1) is 12.3. The van der Waals surface area contributed by atoms with Crippen LogP contribution in [0.15, 0.2) is 25.3 Å². The van der Waals surface area contributed by atoms with E-state index in [0.29, 0.717) is 11.3 Å². The maximum Gasteiger partial charge on any atom is 0.353 e. The van der Waals surface area contributed by atoms with Gasteiger partial charge in [-0.05, 0) is 6.92 Å². The Kier molecular flexibility index (Phi) is 4.66. The molecule has 1 aromatic heterocycles. The van der Waals surface area contributed by atoms with Crippen molar-refractivity contribution in [2.45, 2.75) is 28.7 Å². The van der Waals surface area contributed by atoms with Crippen molar-refractivity contribution in [3.05, 3.63) is 31.3 Å². The van der Waals surface area contributed by atoms with E-state index in [4.69, 9.17) is 0 Å². The summed E-state index contributed by atoms with van der Waals surface area (Å²) in [5.74, 6) is -1.84. The number of β-lactam (4-membered cyclic amide) rings is 1.